The van der Waals surface area contributed by atoms with Crippen LogP contribution in [0.15, 0.2) is 24.3 Å². The van der Waals surface area contributed by atoms with E-state index >= 15 is 0 Å². The number of carbonyl (C=O) groups is 2. The molecule has 1 aromatic rings. The van der Waals surface area contributed by atoms with Gasteiger partial charge in [-0.05, 0) is 75.5 Å². The molecule has 0 bridgehead atoms. The second kappa shape index (κ2) is 11.7. The largest absolute Gasteiger partial charge is 0.494 e. The standard InChI is InChI=1S/C16H24ClNO.C2H2O4/c1-14-8-11-18(12-9-14)10-2-3-13-19-16-6-4-15(17)5-7-16;3-1(4)2(5)6/h4-7,14H,2-3,8-13H2,1H3;(H,3,4)(H,5,6). The van der Waals surface area contributed by atoms with Crippen LogP contribution >= 0.6 is 11.6 Å². The molecule has 1 aliphatic heterocycles. The molecule has 0 aliphatic carbocycles. The predicted molar refractivity (Wildman–Crippen MR) is 96.3 cm³/mol. The predicted octanol–water partition coefficient (Wildman–Crippen LogP) is 3.39. The van der Waals surface area contributed by atoms with Crippen molar-refractivity contribution in [3.8, 4) is 5.75 Å². The maximum absolute atomic E-state index is 9.10. The van der Waals surface area contributed by atoms with Gasteiger partial charge in [0, 0.05) is 5.02 Å². The molecule has 1 fully saturated rings. The Balaban J connectivity index is 0.000000450. The zero-order valence-electron chi connectivity index (χ0n) is 14.5. The monoisotopic (exact) mass is 371 g/mol. The number of unbranched alkanes of at least 4 members (excludes halogenated alkanes) is 1. The SMILES string of the molecule is CC1CCN(CCCCOc2ccc(Cl)cc2)CC1.O=C(O)C(=O)O. The highest BCUT2D eigenvalue weighted by molar-refractivity contribution is 6.30. The first-order valence-electron chi connectivity index (χ1n) is 8.45. The van der Waals surface area contributed by atoms with Crippen LogP contribution in [0.1, 0.15) is 32.6 Å². The Morgan fingerprint density at radius 1 is 1.12 bits per heavy atom. The van der Waals surface area contributed by atoms with Crippen LogP contribution < -0.4 is 4.74 Å². The normalized spacial score (nSPS) is 15.1. The second-order valence-corrected chi connectivity index (χ2v) is 6.58. The Labute approximate surface area is 153 Å². The number of likely N-dealkylation sites (tertiary alicyclic amines) is 1. The van der Waals surface area contributed by atoms with E-state index in [-0.39, 0.29) is 0 Å². The zero-order valence-corrected chi connectivity index (χ0v) is 15.2. The number of benzene rings is 1. The third-order valence-corrected chi connectivity index (χ3v) is 4.26. The molecule has 25 heavy (non-hydrogen) atoms. The Morgan fingerprint density at radius 2 is 1.68 bits per heavy atom. The molecule has 6 nitrogen and oxygen atoms in total. The first-order valence-corrected chi connectivity index (χ1v) is 8.83. The lowest BCUT2D eigenvalue weighted by molar-refractivity contribution is -0.159. The van der Waals surface area contributed by atoms with Crippen LogP contribution in [0.4, 0.5) is 0 Å². The highest BCUT2D eigenvalue weighted by atomic mass is 35.5. The number of ether oxygens (including phenoxy) is 1. The molecule has 140 valence electrons. The molecule has 7 heteroatoms. The Bertz CT molecular complexity index is 515. The molecule has 0 spiro atoms. The lowest BCUT2D eigenvalue weighted by Crippen LogP contribution is -2.33. The van der Waals surface area contributed by atoms with Gasteiger partial charge in [0.15, 0.2) is 0 Å². The molecule has 1 aromatic carbocycles. The first-order chi connectivity index (χ1) is 11.9. The molecule has 1 aliphatic rings. The van der Waals surface area contributed by atoms with Crippen molar-refractivity contribution in [2.45, 2.75) is 32.6 Å². The summed E-state index contributed by atoms with van der Waals surface area (Å²) in [6, 6.07) is 7.58. The molecule has 1 heterocycles. The minimum absolute atomic E-state index is 0.756. The summed E-state index contributed by atoms with van der Waals surface area (Å²) in [5.41, 5.74) is 0. The van der Waals surface area contributed by atoms with Gasteiger partial charge in [-0.2, -0.15) is 0 Å². The van der Waals surface area contributed by atoms with Crippen LogP contribution in [-0.2, 0) is 9.59 Å². The molecule has 0 radical (unpaired) electrons. The van der Waals surface area contributed by atoms with Crippen molar-refractivity contribution in [3.05, 3.63) is 29.3 Å². The van der Waals surface area contributed by atoms with Crippen LogP contribution in [0.3, 0.4) is 0 Å². The van der Waals surface area contributed by atoms with Gasteiger partial charge in [-0.15, -0.1) is 0 Å². The minimum atomic E-state index is -1.82. The number of nitrogens with zero attached hydrogens (tertiary/aromatic N) is 1. The summed E-state index contributed by atoms with van der Waals surface area (Å²) in [5.74, 6) is -1.81. The topological polar surface area (TPSA) is 87.1 Å². The molecule has 2 N–H and O–H groups in total. The summed E-state index contributed by atoms with van der Waals surface area (Å²) in [6.07, 6.45) is 5.07. The van der Waals surface area contributed by atoms with Crippen LogP contribution in [0.5, 0.6) is 5.75 Å². The number of carboxylic acids is 2. The lowest BCUT2D eigenvalue weighted by atomic mass is 9.99. The molecular weight excluding hydrogens is 346 g/mol. The maximum atomic E-state index is 9.10. The van der Waals surface area contributed by atoms with Crippen molar-refractivity contribution in [3.63, 3.8) is 0 Å². The van der Waals surface area contributed by atoms with E-state index in [9.17, 15) is 0 Å². The van der Waals surface area contributed by atoms with Gasteiger partial charge in [0.25, 0.3) is 0 Å². The summed E-state index contributed by atoms with van der Waals surface area (Å²) < 4.78 is 5.69. The number of piperidine rings is 1. The summed E-state index contributed by atoms with van der Waals surface area (Å²) in [7, 11) is 0. The van der Waals surface area contributed by atoms with E-state index < -0.39 is 11.9 Å². The highest BCUT2D eigenvalue weighted by Crippen LogP contribution is 2.17. The molecule has 0 unspecified atom stereocenters. The first kappa shape index (κ1) is 21.3. The van der Waals surface area contributed by atoms with Gasteiger partial charge >= 0.3 is 11.9 Å². The van der Waals surface area contributed by atoms with Crippen molar-refractivity contribution in [1.82, 2.24) is 4.90 Å². The molecule has 0 aromatic heterocycles. The van der Waals surface area contributed by atoms with E-state index in [1.165, 1.54) is 38.9 Å². The average Bonchev–Trinajstić information content (AvgIpc) is 2.58. The Kier molecular flexibility index (Phi) is 9.96. The summed E-state index contributed by atoms with van der Waals surface area (Å²) >= 11 is 5.83. The van der Waals surface area contributed by atoms with Crippen LogP contribution in [0.25, 0.3) is 0 Å². The smallest absolute Gasteiger partial charge is 0.414 e. The molecule has 1 saturated heterocycles. The van der Waals surface area contributed by atoms with Gasteiger partial charge < -0.3 is 19.8 Å². The number of hydrogen-bond acceptors (Lipinski definition) is 4. The van der Waals surface area contributed by atoms with Crippen LogP contribution in [0, 0.1) is 5.92 Å². The molecule has 2 rings (SSSR count). The maximum Gasteiger partial charge on any atom is 0.414 e. The van der Waals surface area contributed by atoms with E-state index in [2.05, 4.69) is 11.8 Å². The number of carboxylic acid groups (broad SMARTS) is 2. The van der Waals surface area contributed by atoms with Gasteiger partial charge in [0.05, 0.1) is 6.61 Å². The summed E-state index contributed by atoms with van der Waals surface area (Å²) in [4.78, 5) is 20.8. The quantitative estimate of drug-likeness (QED) is 0.588. The minimum Gasteiger partial charge on any atom is -0.494 e. The average molecular weight is 372 g/mol. The van der Waals surface area contributed by atoms with Gasteiger partial charge in [0.2, 0.25) is 0 Å². The van der Waals surface area contributed by atoms with E-state index in [1.807, 2.05) is 24.3 Å². The van der Waals surface area contributed by atoms with Crippen molar-refractivity contribution < 1.29 is 24.5 Å². The van der Waals surface area contributed by atoms with E-state index in [1.54, 1.807) is 0 Å². The molecule has 0 amide bonds. The number of hydrogen-bond donors (Lipinski definition) is 2. The highest BCUT2D eigenvalue weighted by Gasteiger charge is 2.14. The van der Waals surface area contributed by atoms with Gasteiger partial charge in [-0.25, -0.2) is 9.59 Å². The third-order valence-electron chi connectivity index (χ3n) is 4.01. The van der Waals surface area contributed by atoms with E-state index in [0.29, 0.717) is 0 Å². The fraction of sp³-hybridized carbons (Fsp3) is 0.556. The van der Waals surface area contributed by atoms with Crippen molar-refractivity contribution in [2.75, 3.05) is 26.2 Å². The van der Waals surface area contributed by atoms with E-state index in [4.69, 9.17) is 36.1 Å². The van der Waals surface area contributed by atoms with Crippen molar-refractivity contribution >= 4 is 23.5 Å². The van der Waals surface area contributed by atoms with Crippen LogP contribution in [-0.4, -0.2) is 53.3 Å². The summed E-state index contributed by atoms with van der Waals surface area (Å²) in [6.45, 7) is 6.93. The zero-order chi connectivity index (χ0) is 18.7. The summed E-state index contributed by atoms with van der Waals surface area (Å²) in [5, 5.41) is 15.5. The van der Waals surface area contributed by atoms with Gasteiger partial charge in [-0.3, -0.25) is 0 Å². The second-order valence-electron chi connectivity index (χ2n) is 6.14. The van der Waals surface area contributed by atoms with Crippen molar-refractivity contribution in [1.29, 1.82) is 0 Å². The fourth-order valence-corrected chi connectivity index (χ4v) is 2.57. The molecular formula is C18H26ClNO5. The number of aliphatic carboxylic acids is 2. The fourth-order valence-electron chi connectivity index (χ4n) is 2.44. The Hall–Kier alpha value is -1.79. The number of rotatable bonds is 6. The molecule has 0 saturated carbocycles. The Morgan fingerprint density at radius 3 is 2.20 bits per heavy atom. The lowest BCUT2D eigenvalue weighted by Gasteiger charge is -2.30. The van der Waals surface area contributed by atoms with E-state index in [0.717, 1.165) is 29.7 Å². The molecule has 0 atom stereocenters. The number of halogens is 1. The van der Waals surface area contributed by atoms with Gasteiger partial charge in [0.1, 0.15) is 5.75 Å². The third kappa shape index (κ3) is 9.94. The van der Waals surface area contributed by atoms with Gasteiger partial charge in [-0.1, -0.05) is 18.5 Å². The van der Waals surface area contributed by atoms with Crippen molar-refractivity contribution in [2.24, 2.45) is 5.92 Å². The van der Waals surface area contributed by atoms with Crippen LogP contribution in [0.2, 0.25) is 5.02 Å².